The number of carbonyl (C=O) groups excluding carboxylic acids is 1. The van der Waals surface area contributed by atoms with Gasteiger partial charge < -0.3 is 14.6 Å². The van der Waals surface area contributed by atoms with E-state index < -0.39 is 5.97 Å². The average molecular weight is 410 g/mol. The SMILES string of the molecule is O=C(O)Cn1c2c(c3ccccc31)CN(C(=O)c1cccc(-c3ccccc3)c1)CC2. The predicted molar refractivity (Wildman–Crippen MR) is 120 cm³/mol. The lowest BCUT2D eigenvalue weighted by molar-refractivity contribution is -0.137. The van der Waals surface area contributed by atoms with E-state index in [0.29, 0.717) is 25.1 Å². The van der Waals surface area contributed by atoms with Gasteiger partial charge in [0, 0.05) is 47.2 Å². The Bertz CT molecular complexity index is 1290. The first-order chi connectivity index (χ1) is 15.1. The number of para-hydroxylation sites is 1. The second-order valence-electron chi connectivity index (χ2n) is 7.85. The molecule has 0 aliphatic carbocycles. The van der Waals surface area contributed by atoms with Crippen LogP contribution in [0.3, 0.4) is 0 Å². The van der Waals surface area contributed by atoms with Crippen molar-refractivity contribution in [3.05, 3.63) is 95.7 Å². The molecule has 0 saturated heterocycles. The van der Waals surface area contributed by atoms with E-state index in [2.05, 4.69) is 0 Å². The summed E-state index contributed by atoms with van der Waals surface area (Å²) in [5.74, 6) is -0.863. The molecular weight excluding hydrogens is 388 g/mol. The van der Waals surface area contributed by atoms with E-state index in [-0.39, 0.29) is 12.5 Å². The number of amides is 1. The molecule has 5 rings (SSSR count). The van der Waals surface area contributed by atoms with E-state index in [1.165, 1.54) is 0 Å². The predicted octanol–water partition coefficient (Wildman–Crippen LogP) is 4.59. The summed E-state index contributed by atoms with van der Waals surface area (Å²) in [5, 5.41) is 10.4. The van der Waals surface area contributed by atoms with Gasteiger partial charge in [-0.3, -0.25) is 9.59 Å². The van der Waals surface area contributed by atoms with Gasteiger partial charge in [0.2, 0.25) is 0 Å². The number of hydrogen-bond acceptors (Lipinski definition) is 2. The molecule has 0 fully saturated rings. The van der Waals surface area contributed by atoms with Crippen molar-refractivity contribution >= 4 is 22.8 Å². The van der Waals surface area contributed by atoms with Crippen LogP contribution in [0.5, 0.6) is 0 Å². The second-order valence-corrected chi connectivity index (χ2v) is 7.85. The van der Waals surface area contributed by atoms with Gasteiger partial charge in [-0.25, -0.2) is 0 Å². The van der Waals surface area contributed by atoms with Crippen LogP contribution in [-0.4, -0.2) is 33.0 Å². The number of fused-ring (bicyclic) bond motifs is 3. The maximum Gasteiger partial charge on any atom is 0.323 e. The highest BCUT2D eigenvalue weighted by molar-refractivity contribution is 5.96. The zero-order chi connectivity index (χ0) is 21.4. The third kappa shape index (κ3) is 3.48. The maximum absolute atomic E-state index is 13.3. The van der Waals surface area contributed by atoms with Crippen LogP contribution in [0, 0.1) is 0 Å². The molecule has 4 aromatic rings. The highest BCUT2D eigenvalue weighted by Crippen LogP contribution is 2.32. The Balaban J connectivity index is 1.48. The Hall–Kier alpha value is -3.86. The Morgan fingerprint density at radius 1 is 0.871 bits per heavy atom. The number of aliphatic carboxylic acids is 1. The Labute approximate surface area is 180 Å². The van der Waals surface area contributed by atoms with E-state index >= 15 is 0 Å². The topological polar surface area (TPSA) is 62.5 Å². The van der Waals surface area contributed by atoms with Gasteiger partial charge in [-0.15, -0.1) is 0 Å². The number of carbonyl (C=O) groups is 2. The summed E-state index contributed by atoms with van der Waals surface area (Å²) in [6.45, 7) is 0.983. The Morgan fingerprint density at radius 2 is 1.61 bits per heavy atom. The second kappa shape index (κ2) is 7.76. The first-order valence-corrected chi connectivity index (χ1v) is 10.4. The molecule has 5 nitrogen and oxygen atoms in total. The molecule has 1 N–H and O–H groups in total. The molecule has 31 heavy (non-hydrogen) atoms. The van der Waals surface area contributed by atoms with Crippen molar-refractivity contribution in [2.45, 2.75) is 19.5 Å². The van der Waals surface area contributed by atoms with E-state index in [1.807, 2.05) is 88.3 Å². The quantitative estimate of drug-likeness (QED) is 0.535. The molecular formula is C26H22N2O3. The zero-order valence-electron chi connectivity index (χ0n) is 17.0. The van der Waals surface area contributed by atoms with Crippen molar-refractivity contribution in [3.63, 3.8) is 0 Å². The highest BCUT2D eigenvalue weighted by atomic mass is 16.4. The molecule has 154 valence electrons. The molecule has 1 aliphatic heterocycles. The largest absolute Gasteiger partial charge is 0.480 e. The average Bonchev–Trinajstić information content (AvgIpc) is 3.12. The van der Waals surface area contributed by atoms with E-state index in [4.69, 9.17) is 0 Å². The summed E-state index contributed by atoms with van der Waals surface area (Å²) in [4.78, 5) is 26.6. The lowest BCUT2D eigenvalue weighted by Gasteiger charge is -2.28. The van der Waals surface area contributed by atoms with Crippen LogP contribution in [0.15, 0.2) is 78.9 Å². The molecule has 2 heterocycles. The molecule has 0 unspecified atom stereocenters. The minimum atomic E-state index is -0.861. The van der Waals surface area contributed by atoms with Crippen molar-refractivity contribution in [3.8, 4) is 11.1 Å². The molecule has 3 aromatic carbocycles. The van der Waals surface area contributed by atoms with Crippen LogP contribution in [0.4, 0.5) is 0 Å². The molecule has 0 spiro atoms. The summed E-state index contributed by atoms with van der Waals surface area (Å²) in [7, 11) is 0. The molecule has 0 saturated carbocycles. The maximum atomic E-state index is 13.3. The molecule has 1 aliphatic rings. The van der Waals surface area contributed by atoms with Gasteiger partial charge in [-0.2, -0.15) is 0 Å². The van der Waals surface area contributed by atoms with E-state index in [0.717, 1.165) is 33.3 Å². The zero-order valence-corrected chi connectivity index (χ0v) is 17.0. The number of carboxylic acid groups (broad SMARTS) is 1. The van der Waals surface area contributed by atoms with Crippen LogP contribution in [0.25, 0.3) is 22.0 Å². The summed E-state index contributed by atoms with van der Waals surface area (Å²) in [6, 6.07) is 25.6. The number of hydrogen-bond donors (Lipinski definition) is 1. The van der Waals surface area contributed by atoms with Crippen LogP contribution in [0.2, 0.25) is 0 Å². The van der Waals surface area contributed by atoms with Crippen LogP contribution < -0.4 is 0 Å². The van der Waals surface area contributed by atoms with Gasteiger partial charge in [0.25, 0.3) is 5.91 Å². The van der Waals surface area contributed by atoms with Crippen molar-refractivity contribution in [2.24, 2.45) is 0 Å². The smallest absolute Gasteiger partial charge is 0.323 e. The minimum absolute atomic E-state index is 0.00139. The normalized spacial score (nSPS) is 13.2. The molecule has 1 aromatic heterocycles. The summed E-state index contributed by atoms with van der Waals surface area (Å²) < 4.78 is 1.88. The summed E-state index contributed by atoms with van der Waals surface area (Å²) in [6.07, 6.45) is 0.640. The lowest BCUT2D eigenvalue weighted by atomic mass is 10.0. The van der Waals surface area contributed by atoms with Gasteiger partial charge in [-0.1, -0.05) is 60.7 Å². The van der Waals surface area contributed by atoms with Gasteiger partial charge in [0.1, 0.15) is 6.54 Å². The monoisotopic (exact) mass is 410 g/mol. The molecule has 1 amide bonds. The molecule has 0 atom stereocenters. The Morgan fingerprint density at radius 3 is 2.42 bits per heavy atom. The van der Waals surface area contributed by atoms with Crippen LogP contribution >= 0.6 is 0 Å². The fourth-order valence-electron chi connectivity index (χ4n) is 4.54. The van der Waals surface area contributed by atoms with Gasteiger partial charge >= 0.3 is 5.97 Å². The van der Waals surface area contributed by atoms with Gasteiger partial charge in [0.15, 0.2) is 0 Å². The summed E-state index contributed by atoms with van der Waals surface area (Å²) in [5.41, 5.74) is 5.74. The number of benzene rings is 3. The third-order valence-electron chi connectivity index (χ3n) is 5.96. The first-order valence-electron chi connectivity index (χ1n) is 10.4. The van der Waals surface area contributed by atoms with Gasteiger partial charge in [-0.05, 0) is 29.3 Å². The minimum Gasteiger partial charge on any atom is -0.480 e. The van der Waals surface area contributed by atoms with Gasteiger partial charge in [0.05, 0.1) is 0 Å². The summed E-state index contributed by atoms with van der Waals surface area (Å²) >= 11 is 0. The number of aromatic nitrogens is 1. The van der Waals surface area contributed by atoms with Crippen molar-refractivity contribution in [2.75, 3.05) is 6.54 Å². The fraction of sp³-hybridized carbons (Fsp3) is 0.154. The van der Waals surface area contributed by atoms with E-state index in [9.17, 15) is 14.7 Å². The molecule has 0 radical (unpaired) electrons. The first kappa shape index (κ1) is 19.1. The number of rotatable bonds is 4. The lowest BCUT2D eigenvalue weighted by Crippen LogP contribution is -2.36. The molecule has 0 bridgehead atoms. The number of nitrogens with zero attached hydrogens (tertiary/aromatic N) is 2. The number of carboxylic acids is 1. The third-order valence-corrected chi connectivity index (χ3v) is 5.96. The van der Waals surface area contributed by atoms with Crippen LogP contribution in [0.1, 0.15) is 21.6 Å². The Kier molecular flexibility index (Phi) is 4.79. The van der Waals surface area contributed by atoms with Crippen molar-refractivity contribution in [1.82, 2.24) is 9.47 Å². The van der Waals surface area contributed by atoms with E-state index in [1.54, 1.807) is 0 Å². The van der Waals surface area contributed by atoms with Crippen LogP contribution in [-0.2, 0) is 24.3 Å². The standard InChI is InChI=1S/C26H22N2O3/c29-25(30)17-28-23-12-5-4-11-21(23)22-16-27(14-13-24(22)28)26(31)20-10-6-9-19(15-20)18-7-2-1-3-8-18/h1-12,15H,13-14,16-17H2,(H,29,30). The van der Waals surface area contributed by atoms with Crippen molar-refractivity contribution < 1.29 is 14.7 Å². The highest BCUT2D eigenvalue weighted by Gasteiger charge is 2.27. The molecule has 5 heteroatoms. The fourth-order valence-corrected chi connectivity index (χ4v) is 4.54. The van der Waals surface area contributed by atoms with Crippen molar-refractivity contribution in [1.29, 1.82) is 0 Å².